The molecule has 1 heterocycles. The molecule has 0 fully saturated rings. The molecule has 4 nitrogen and oxygen atoms in total. The number of aromatic nitrogens is 2. The lowest BCUT2D eigenvalue weighted by Crippen LogP contribution is -2.35. The molecular formula is C12H10Cl2N2O2. The Morgan fingerprint density at radius 1 is 1.17 bits per heavy atom. The second kappa shape index (κ2) is 4.63. The zero-order valence-corrected chi connectivity index (χ0v) is 11.3. The Morgan fingerprint density at radius 2 is 1.83 bits per heavy atom. The van der Waals surface area contributed by atoms with E-state index >= 15 is 0 Å². The molecule has 2 rings (SSSR count). The Balaban J connectivity index is 2.84. The highest BCUT2D eigenvalue weighted by molar-refractivity contribution is 6.30. The molecule has 0 saturated heterocycles. The van der Waals surface area contributed by atoms with Crippen LogP contribution in [0.4, 0.5) is 0 Å². The zero-order chi connectivity index (χ0) is 13.4. The van der Waals surface area contributed by atoms with E-state index in [4.69, 9.17) is 23.2 Å². The van der Waals surface area contributed by atoms with E-state index in [0.29, 0.717) is 16.3 Å². The summed E-state index contributed by atoms with van der Waals surface area (Å²) < 4.78 is 1.05. The number of hydrogen-bond donors (Lipinski definition) is 1. The molecule has 1 aromatic heterocycles. The molecule has 0 atom stereocenters. The summed E-state index contributed by atoms with van der Waals surface area (Å²) in [5.74, 6) is 0. The monoisotopic (exact) mass is 284 g/mol. The highest BCUT2D eigenvalue weighted by atomic mass is 35.5. The van der Waals surface area contributed by atoms with Crippen LogP contribution in [0.15, 0.2) is 27.8 Å². The van der Waals surface area contributed by atoms with Gasteiger partial charge in [0.15, 0.2) is 0 Å². The summed E-state index contributed by atoms with van der Waals surface area (Å²) in [4.78, 5) is 26.3. The number of aryl methyl sites for hydroxylation is 1. The first-order valence-corrected chi connectivity index (χ1v) is 5.95. The molecule has 2 aromatic rings. The summed E-state index contributed by atoms with van der Waals surface area (Å²) in [6.07, 6.45) is 0. The number of benzene rings is 1. The summed E-state index contributed by atoms with van der Waals surface area (Å²) in [5.41, 5.74) is 0.517. The standard InChI is InChI=1S/C12H10Cl2N2O2/c1-6-5-8(13)3-4-9(6)16-11(17)7(2)10(14)15-12(16)18/h3-5H,1-2H3,(H,15,18). The molecule has 1 aromatic carbocycles. The fourth-order valence-corrected chi connectivity index (χ4v) is 2.07. The lowest BCUT2D eigenvalue weighted by Gasteiger charge is -2.09. The summed E-state index contributed by atoms with van der Waals surface area (Å²) in [7, 11) is 0. The number of aromatic amines is 1. The van der Waals surface area contributed by atoms with Crippen LogP contribution in [0.1, 0.15) is 11.1 Å². The van der Waals surface area contributed by atoms with Gasteiger partial charge in [0.25, 0.3) is 5.56 Å². The summed E-state index contributed by atoms with van der Waals surface area (Å²) in [6, 6.07) is 4.94. The predicted octanol–water partition coefficient (Wildman–Crippen LogP) is 2.45. The molecule has 1 N–H and O–H groups in total. The van der Waals surface area contributed by atoms with Gasteiger partial charge in [-0.25, -0.2) is 9.36 Å². The van der Waals surface area contributed by atoms with E-state index in [1.807, 2.05) is 0 Å². The third kappa shape index (κ3) is 2.09. The van der Waals surface area contributed by atoms with Crippen LogP contribution in [0.5, 0.6) is 0 Å². The van der Waals surface area contributed by atoms with E-state index in [9.17, 15) is 9.59 Å². The van der Waals surface area contributed by atoms with Gasteiger partial charge in [-0.2, -0.15) is 0 Å². The van der Waals surface area contributed by atoms with Crippen molar-refractivity contribution in [2.24, 2.45) is 0 Å². The van der Waals surface area contributed by atoms with Crippen molar-refractivity contribution in [1.29, 1.82) is 0 Å². The third-order valence-electron chi connectivity index (χ3n) is 2.67. The number of rotatable bonds is 1. The molecule has 18 heavy (non-hydrogen) atoms. The van der Waals surface area contributed by atoms with E-state index in [1.54, 1.807) is 32.0 Å². The van der Waals surface area contributed by atoms with Crippen molar-refractivity contribution in [1.82, 2.24) is 9.55 Å². The van der Waals surface area contributed by atoms with Gasteiger partial charge in [-0.05, 0) is 37.6 Å². The van der Waals surface area contributed by atoms with Crippen molar-refractivity contribution in [3.05, 3.63) is 60.3 Å². The lowest BCUT2D eigenvalue weighted by atomic mass is 10.2. The number of nitrogens with one attached hydrogen (secondary N) is 1. The summed E-state index contributed by atoms with van der Waals surface area (Å²) in [6.45, 7) is 3.33. The maximum Gasteiger partial charge on any atom is 0.334 e. The molecule has 0 unspecified atom stereocenters. The van der Waals surface area contributed by atoms with Crippen molar-refractivity contribution in [3.63, 3.8) is 0 Å². The first kappa shape index (κ1) is 12.9. The van der Waals surface area contributed by atoms with Crippen LogP contribution in [0, 0.1) is 13.8 Å². The highest BCUT2D eigenvalue weighted by Crippen LogP contribution is 2.17. The van der Waals surface area contributed by atoms with Gasteiger partial charge in [0.2, 0.25) is 0 Å². The molecule has 6 heteroatoms. The molecule has 0 amide bonds. The third-order valence-corrected chi connectivity index (χ3v) is 3.29. The van der Waals surface area contributed by atoms with E-state index in [-0.39, 0.29) is 5.15 Å². The average Bonchev–Trinajstić information content (AvgIpc) is 2.29. The maximum atomic E-state index is 12.1. The fraction of sp³-hybridized carbons (Fsp3) is 0.167. The minimum absolute atomic E-state index is 0.0628. The molecule has 0 aliphatic carbocycles. The topological polar surface area (TPSA) is 54.9 Å². The van der Waals surface area contributed by atoms with E-state index in [1.165, 1.54) is 0 Å². The average molecular weight is 285 g/mol. The minimum atomic E-state index is -0.568. The van der Waals surface area contributed by atoms with E-state index in [0.717, 1.165) is 10.1 Å². The summed E-state index contributed by atoms with van der Waals surface area (Å²) in [5, 5.41) is 0.610. The number of halogens is 2. The Kier molecular flexibility index (Phi) is 3.32. The number of nitrogens with zero attached hydrogens (tertiary/aromatic N) is 1. The minimum Gasteiger partial charge on any atom is -0.297 e. The van der Waals surface area contributed by atoms with Gasteiger partial charge in [-0.3, -0.25) is 9.78 Å². The second-order valence-electron chi connectivity index (χ2n) is 3.94. The molecule has 0 bridgehead atoms. The molecular weight excluding hydrogens is 275 g/mol. The van der Waals surface area contributed by atoms with Crippen LogP contribution >= 0.6 is 23.2 Å². The Morgan fingerprint density at radius 3 is 2.44 bits per heavy atom. The molecule has 0 saturated carbocycles. The SMILES string of the molecule is Cc1cc(Cl)ccc1-n1c(=O)[nH]c(Cl)c(C)c1=O. The molecule has 0 aliphatic heterocycles. The smallest absolute Gasteiger partial charge is 0.297 e. The second-order valence-corrected chi connectivity index (χ2v) is 4.75. The Labute approximate surface area is 113 Å². The fourth-order valence-electron chi connectivity index (χ4n) is 1.69. The van der Waals surface area contributed by atoms with Crippen molar-refractivity contribution in [2.75, 3.05) is 0 Å². The van der Waals surface area contributed by atoms with Gasteiger partial charge in [-0.1, -0.05) is 23.2 Å². The molecule has 0 radical (unpaired) electrons. The Hall–Kier alpha value is -1.52. The first-order chi connectivity index (χ1) is 8.41. The normalized spacial score (nSPS) is 10.7. The van der Waals surface area contributed by atoms with Crippen LogP contribution in [0.3, 0.4) is 0 Å². The number of hydrogen-bond acceptors (Lipinski definition) is 2. The van der Waals surface area contributed by atoms with Crippen LogP contribution in [0.25, 0.3) is 5.69 Å². The lowest BCUT2D eigenvalue weighted by molar-refractivity contribution is 0.854. The van der Waals surface area contributed by atoms with Crippen LogP contribution in [-0.4, -0.2) is 9.55 Å². The van der Waals surface area contributed by atoms with Crippen LogP contribution < -0.4 is 11.2 Å². The van der Waals surface area contributed by atoms with Gasteiger partial charge in [0.1, 0.15) is 5.15 Å². The van der Waals surface area contributed by atoms with E-state index in [2.05, 4.69) is 4.98 Å². The van der Waals surface area contributed by atoms with Gasteiger partial charge >= 0.3 is 5.69 Å². The molecule has 0 aliphatic rings. The summed E-state index contributed by atoms with van der Waals surface area (Å²) >= 11 is 11.6. The van der Waals surface area contributed by atoms with Gasteiger partial charge in [-0.15, -0.1) is 0 Å². The quantitative estimate of drug-likeness (QED) is 0.818. The largest absolute Gasteiger partial charge is 0.334 e. The predicted molar refractivity (Wildman–Crippen MR) is 72.2 cm³/mol. The first-order valence-electron chi connectivity index (χ1n) is 5.20. The zero-order valence-electron chi connectivity index (χ0n) is 9.75. The van der Waals surface area contributed by atoms with Gasteiger partial charge in [0, 0.05) is 5.02 Å². The number of H-pyrrole nitrogens is 1. The van der Waals surface area contributed by atoms with E-state index < -0.39 is 11.2 Å². The molecule has 94 valence electrons. The van der Waals surface area contributed by atoms with Crippen molar-refractivity contribution >= 4 is 23.2 Å². The highest BCUT2D eigenvalue weighted by Gasteiger charge is 2.12. The van der Waals surface area contributed by atoms with Crippen molar-refractivity contribution in [2.45, 2.75) is 13.8 Å². The maximum absolute atomic E-state index is 12.1. The van der Waals surface area contributed by atoms with Gasteiger partial charge in [0.05, 0.1) is 11.3 Å². The van der Waals surface area contributed by atoms with Crippen molar-refractivity contribution < 1.29 is 0 Å². The van der Waals surface area contributed by atoms with Crippen LogP contribution in [-0.2, 0) is 0 Å². The van der Waals surface area contributed by atoms with Crippen LogP contribution in [0.2, 0.25) is 10.2 Å². The molecule has 0 spiro atoms. The van der Waals surface area contributed by atoms with Gasteiger partial charge < -0.3 is 0 Å². The van der Waals surface area contributed by atoms with Crippen molar-refractivity contribution in [3.8, 4) is 5.69 Å². The Bertz CT molecular complexity index is 732.